The van der Waals surface area contributed by atoms with E-state index in [0.29, 0.717) is 23.5 Å². The van der Waals surface area contributed by atoms with E-state index in [1.807, 2.05) is 32.0 Å². The summed E-state index contributed by atoms with van der Waals surface area (Å²) < 4.78 is 8.73. The molecule has 8 heteroatoms. The van der Waals surface area contributed by atoms with Gasteiger partial charge in [-0.15, -0.1) is 0 Å². The highest BCUT2D eigenvalue weighted by Gasteiger charge is 2.15. The number of amides is 1. The van der Waals surface area contributed by atoms with Gasteiger partial charge in [0.2, 0.25) is 5.91 Å². The van der Waals surface area contributed by atoms with Gasteiger partial charge in [-0.05, 0) is 31.5 Å². The smallest absolute Gasteiger partial charge is 0.291 e. The number of carbonyl (C=O) groups excluding carboxylic acids is 1. The van der Waals surface area contributed by atoms with Crippen molar-refractivity contribution in [2.45, 2.75) is 33.4 Å². The highest BCUT2D eigenvalue weighted by atomic mass is 16.3. The van der Waals surface area contributed by atoms with Crippen LogP contribution in [-0.4, -0.2) is 25.1 Å². The molecule has 4 rings (SSSR count). The Bertz CT molecular complexity index is 1190. The maximum absolute atomic E-state index is 12.7. The van der Waals surface area contributed by atoms with Gasteiger partial charge in [0.1, 0.15) is 17.1 Å². The van der Waals surface area contributed by atoms with E-state index in [4.69, 9.17) is 4.42 Å². The predicted molar refractivity (Wildman–Crippen MR) is 99.4 cm³/mol. The first-order valence-electron chi connectivity index (χ1n) is 8.68. The van der Waals surface area contributed by atoms with Gasteiger partial charge in [-0.25, -0.2) is 4.68 Å². The van der Waals surface area contributed by atoms with Gasteiger partial charge in [0.25, 0.3) is 5.56 Å². The molecule has 0 aliphatic carbocycles. The van der Waals surface area contributed by atoms with Gasteiger partial charge in [0.15, 0.2) is 5.58 Å². The number of fused-ring (bicyclic) bond motifs is 3. The van der Waals surface area contributed by atoms with E-state index in [1.165, 1.54) is 4.68 Å². The maximum Gasteiger partial charge on any atom is 0.291 e. The maximum atomic E-state index is 12.7. The Hall–Kier alpha value is -3.42. The van der Waals surface area contributed by atoms with Gasteiger partial charge in [-0.1, -0.05) is 0 Å². The first kappa shape index (κ1) is 17.0. The Balaban J connectivity index is 1.51. The average Bonchev–Trinajstić information content (AvgIpc) is 3.19. The lowest BCUT2D eigenvalue weighted by Crippen LogP contribution is -2.30. The molecule has 0 fully saturated rings. The molecule has 138 valence electrons. The fraction of sp³-hybridized carbons (Fsp3) is 0.263. The standard InChI is InChI=1S/C19H19N5O3/c1-12-9-15-17(27-12)10-16-19(26)23(22-13(2)24(15)16)8-5-18(25)21-11-14-3-6-20-7-4-14/h3-4,6-7,9-10H,5,8,11H2,1-2H3,(H,21,25). The number of furan rings is 1. The number of rotatable bonds is 5. The van der Waals surface area contributed by atoms with E-state index >= 15 is 0 Å². The third-order valence-electron chi connectivity index (χ3n) is 4.45. The van der Waals surface area contributed by atoms with Crippen LogP contribution in [0.25, 0.3) is 16.6 Å². The molecule has 4 heterocycles. The van der Waals surface area contributed by atoms with Gasteiger partial charge in [0, 0.05) is 37.5 Å². The van der Waals surface area contributed by atoms with Crippen LogP contribution < -0.4 is 10.9 Å². The molecule has 0 aliphatic heterocycles. The lowest BCUT2D eigenvalue weighted by Gasteiger charge is -2.09. The summed E-state index contributed by atoms with van der Waals surface area (Å²) in [5.74, 6) is 1.30. The molecule has 0 aliphatic rings. The van der Waals surface area contributed by atoms with Crippen molar-refractivity contribution in [1.82, 2.24) is 24.5 Å². The summed E-state index contributed by atoms with van der Waals surface area (Å²) in [5.41, 5.74) is 2.70. The van der Waals surface area contributed by atoms with E-state index in [1.54, 1.807) is 22.9 Å². The molecule has 27 heavy (non-hydrogen) atoms. The van der Waals surface area contributed by atoms with Crippen molar-refractivity contribution >= 4 is 22.5 Å². The van der Waals surface area contributed by atoms with Crippen molar-refractivity contribution in [3.8, 4) is 0 Å². The average molecular weight is 365 g/mol. The predicted octanol–water partition coefficient (Wildman–Crippen LogP) is 1.96. The quantitative estimate of drug-likeness (QED) is 0.583. The summed E-state index contributed by atoms with van der Waals surface area (Å²) in [6.07, 6.45) is 3.53. The number of aryl methyl sites for hydroxylation is 3. The zero-order valence-electron chi connectivity index (χ0n) is 15.1. The Morgan fingerprint density at radius 1 is 1.19 bits per heavy atom. The van der Waals surface area contributed by atoms with Crippen LogP contribution in [0.5, 0.6) is 0 Å². The molecular weight excluding hydrogens is 346 g/mol. The van der Waals surface area contributed by atoms with Crippen molar-refractivity contribution in [3.63, 3.8) is 0 Å². The SMILES string of the molecule is Cc1cc2c(cc3c(=O)n(CCC(=O)NCc4ccncc4)nc(C)n32)o1. The zero-order valence-corrected chi connectivity index (χ0v) is 15.1. The highest BCUT2D eigenvalue weighted by molar-refractivity contribution is 5.83. The minimum Gasteiger partial charge on any atom is -0.460 e. The fourth-order valence-corrected chi connectivity index (χ4v) is 3.17. The Morgan fingerprint density at radius 3 is 2.74 bits per heavy atom. The third-order valence-corrected chi connectivity index (χ3v) is 4.45. The van der Waals surface area contributed by atoms with E-state index in [-0.39, 0.29) is 24.4 Å². The minimum atomic E-state index is -0.244. The minimum absolute atomic E-state index is 0.141. The number of nitrogens with zero attached hydrogens (tertiary/aromatic N) is 4. The van der Waals surface area contributed by atoms with Crippen LogP contribution >= 0.6 is 0 Å². The molecule has 0 saturated heterocycles. The second-order valence-electron chi connectivity index (χ2n) is 6.43. The molecule has 0 bridgehead atoms. The number of aromatic nitrogens is 4. The summed E-state index contributed by atoms with van der Waals surface area (Å²) in [5, 5.41) is 7.19. The van der Waals surface area contributed by atoms with E-state index in [9.17, 15) is 9.59 Å². The van der Waals surface area contributed by atoms with Crippen molar-refractivity contribution in [3.05, 3.63) is 64.2 Å². The number of hydrogen-bond donors (Lipinski definition) is 1. The highest BCUT2D eigenvalue weighted by Crippen LogP contribution is 2.22. The molecule has 0 radical (unpaired) electrons. The van der Waals surface area contributed by atoms with Crippen LogP contribution in [0.15, 0.2) is 45.9 Å². The van der Waals surface area contributed by atoms with Gasteiger partial charge in [-0.2, -0.15) is 5.10 Å². The molecular formula is C19H19N5O3. The molecule has 1 amide bonds. The lowest BCUT2D eigenvalue weighted by atomic mass is 10.2. The Labute approximate surface area is 154 Å². The second-order valence-corrected chi connectivity index (χ2v) is 6.43. The molecule has 0 atom stereocenters. The number of hydrogen-bond acceptors (Lipinski definition) is 5. The molecule has 0 spiro atoms. The van der Waals surface area contributed by atoms with E-state index < -0.39 is 0 Å². The van der Waals surface area contributed by atoms with Crippen LogP contribution in [0.1, 0.15) is 23.6 Å². The van der Waals surface area contributed by atoms with E-state index in [2.05, 4.69) is 15.4 Å². The summed E-state index contributed by atoms with van der Waals surface area (Å²) in [6.45, 7) is 4.33. The molecule has 0 unspecified atom stereocenters. The van der Waals surface area contributed by atoms with Crippen molar-refractivity contribution < 1.29 is 9.21 Å². The van der Waals surface area contributed by atoms with Gasteiger partial charge in [-0.3, -0.25) is 19.0 Å². The summed E-state index contributed by atoms with van der Waals surface area (Å²) >= 11 is 0. The van der Waals surface area contributed by atoms with Crippen LogP contribution in [0, 0.1) is 13.8 Å². The van der Waals surface area contributed by atoms with Crippen molar-refractivity contribution in [2.24, 2.45) is 0 Å². The number of nitrogens with one attached hydrogen (secondary N) is 1. The van der Waals surface area contributed by atoms with Crippen LogP contribution in [-0.2, 0) is 17.9 Å². The number of carbonyl (C=O) groups is 1. The second kappa shape index (κ2) is 6.71. The first-order chi connectivity index (χ1) is 13.0. The van der Waals surface area contributed by atoms with Crippen LogP contribution in [0.4, 0.5) is 0 Å². The Kier molecular flexibility index (Phi) is 4.23. The summed E-state index contributed by atoms with van der Waals surface area (Å²) in [7, 11) is 0. The Morgan fingerprint density at radius 2 is 1.96 bits per heavy atom. The van der Waals surface area contributed by atoms with Crippen LogP contribution in [0.2, 0.25) is 0 Å². The largest absolute Gasteiger partial charge is 0.460 e. The molecule has 4 aromatic rings. The molecule has 8 nitrogen and oxygen atoms in total. The van der Waals surface area contributed by atoms with Crippen LogP contribution in [0.3, 0.4) is 0 Å². The molecule has 1 N–H and O–H groups in total. The monoisotopic (exact) mass is 365 g/mol. The molecule has 0 aromatic carbocycles. The fourth-order valence-electron chi connectivity index (χ4n) is 3.17. The first-order valence-corrected chi connectivity index (χ1v) is 8.68. The summed E-state index contributed by atoms with van der Waals surface area (Å²) in [4.78, 5) is 28.8. The third kappa shape index (κ3) is 3.21. The normalized spacial score (nSPS) is 11.3. The molecule has 4 aromatic heterocycles. The van der Waals surface area contributed by atoms with Crippen molar-refractivity contribution in [1.29, 1.82) is 0 Å². The van der Waals surface area contributed by atoms with Crippen molar-refractivity contribution in [2.75, 3.05) is 0 Å². The zero-order chi connectivity index (χ0) is 19.0. The van der Waals surface area contributed by atoms with E-state index in [0.717, 1.165) is 16.8 Å². The molecule has 0 saturated carbocycles. The topological polar surface area (TPSA) is 94.4 Å². The van der Waals surface area contributed by atoms with Gasteiger partial charge >= 0.3 is 0 Å². The van der Waals surface area contributed by atoms with Gasteiger partial charge < -0.3 is 9.73 Å². The van der Waals surface area contributed by atoms with Gasteiger partial charge in [0.05, 0.1) is 12.1 Å². The summed E-state index contributed by atoms with van der Waals surface area (Å²) in [6, 6.07) is 7.29. The number of pyridine rings is 1. The lowest BCUT2D eigenvalue weighted by molar-refractivity contribution is -0.121.